The molecule has 0 aliphatic carbocycles. The fourth-order valence-electron chi connectivity index (χ4n) is 1.54. The number of furan rings is 1. The first-order valence-electron chi connectivity index (χ1n) is 6.40. The molecule has 6 heteroatoms. The molecular formula is C13H19N3O3. The Bertz CT molecular complexity index is 519. The lowest BCUT2D eigenvalue weighted by Gasteiger charge is -2.10. The van der Waals surface area contributed by atoms with Gasteiger partial charge in [-0.05, 0) is 26.0 Å². The van der Waals surface area contributed by atoms with Crippen LogP contribution in [-0.2, 0) is 11.2 Å². The van der Waals surface area contributed by atoms with Crippen molar-refractivity contribution < 1.29 is 13.7 Å². The molecule has 2 aromatic heterocycles. The highest BCUT2D eigenvalue weighted by molar-refractivity contribution is 5.44. The third-order valence-corrected chi connectivity index (χ3v) is 2.60. The zero-order valence-corrected chi connectivity index (χ0v) is 11.4. The molecule has 1 atom stereocenters. The molecule has 0 saturated heterocycles. The van der Waals surface area contributed by atoms with E-state index in [1.54, 1.807) is 0 Å². The fraction of sp³-hybridized carbons (Fsp3) is 0.538. The number of nitrogens with two attached hydrogens (primary N) is 1. The largest absolute Gasteiger partial charge is 0.456 e. The van der Waals surface area contributed by atoms with Crippen LogP contribution in [0.5, 0.6) is 0 Å². The number of hydrogen-bond donors (Lipinski definition) is 1. The van der Waals surface area contributed by atoms with E-state index in [1.165, 1.54) is 0 Å². The van der Waals surface area contributed by atoms with Crippen LogP contribution in [-0.4, -0.2) is 22.9 Å². The number of aryl methyl sites for hydroxylation is 1. The van der Waals surface area contributed by atoms with Crippen LogP contribution in [0.25, 0.3) is 11.7 Å². The van der Waals surface area contributed by atoms with Crippen molar-refractivity contribution in [2.45, 2.75) is 39.3 Å². The Morgan fingerprint density at radius 2 is 2.16 bits per heavy atom. The van der Waals surface area contributed by atoms with Crippen LogP contribution in [0.2, 0.25) is 0 Å². The number of rotatable bonds is 6. The summed E-state index contributed by atoms with van der Waals surface area (Å²) in [6, 6.07) is 3.30. The smallest absolute Gasteiger partial charge is 0.293 e. The van der Waals surface area contributed by atoms with E-state index in [9.17, 15) is 0 Å². The number of nitrogens with zero attached hydrogens (tertiary/aromatic N) is 2. The molecule has 1 unspecified atom stereocenters. The van der Waals surface area contributed by atoms with Gasteiger partial charge in [-0.1, -0.05) is 12.1 Å². The number of ether oxygens (including phenoxy) is 1. The summed E-state index contributed by atoms with van der Waals surface area (Å²) in [6.45, 7) is 6.27. The maximum absolute atomic E-state index is 5.93. The second-order valence-corrected chi connectivity index (χ2v) is 4.57. The lowest BCUT2D eigenvalue weighted by molar-refractivity contribution is 0.0665. The zero-order chi connectivity index (χ0) is 13.8. The summed E-state index contributed by atoms with van der Waals surface area (Å²) in [6.07, 6.45) is 0.942. The summed E-state index contributed by atoms with van der Waals surface area (Å²) < 4.78 is 16.1. The molecule has 6 nitrogen and oxygen atoms in total. The molecule has 0 aromatic carbocycles. The van der Waals surface area contributed by atoms with E-state index in [2.05, 4.69) is 10.1 Å². The van der Waals surface area contributed by atoms with Crippen LogP contribution in [0.4, 0.5) is 0 Å². The van der Waals surface area contributed by atoms with Crippen molar-refractivity contribution in [3.63, 3.8) is 0 Å². The molecule has 0 radical (unpaired) electrons. The van der Waals surface area contributed by atoms with E-state index in [1.807, 2.05) is 32.9 Å². The first-order valence-corrected chi connectivity index (χ1v) is 6.40. The Morgan fingerprint density at radius 1 is 1.37 bits per heavy atom. The Balaban J connectivity index is 2.05. The molecule has 2 rings (SSSR count). The van der Waals surface area contributed by atoms with Gasteiger partial charge < -0.3 is 19.4 Å². The van der Waals surface area contributed by atoms with Crippen molar-refractivity contribution >= 4 is 0 Å². The normalized spacial score (nSPS) is 13.1. The Labute approximate surface area is 111 Å². The van der Waals surface area contributed by atoms with E-state index in [-0.39, 0.29) is 6.10 Å². The monoisotopic (exact) mass is 265 g/mol. The maximum atomic E-state index is 5.93. The molecule has 0 aliphatic rings. The van der Waals surface area contributed by atoms with Crippen molar-refractivity contribution in [3.8, 4) is 11.7 Å². The second-order valence-electron chi connectivity index (χ2n) is 4.57. The minimum atomic E-state index is -0.402. The van der Waals surface area contributed by atoms with Gasteiger partial charge in [-0.25, -0.2) is 0 Å². The van der Waals surface area contributed by atoms with Gasteiger partial charge in [0, 0.05) is 6.42 Å². The van der Waals surface area contributed by atoms with E-state index >= 15 is 0 Å². The van der Waals surface area contributed by atoms with Crippen LogP contribution in [0.15, 0.2) is 21.1 Å². The van der Waals surface area contributed by atoms with Crippen molar-refractivity contribution in [3.05, 3.63) is 23.7 Å². The molecule has 0 spiro atoms. The quantitative estimate of drug-likeness (QED) is 0.862. The molecule has 19 heavy (non-hydrogen) atoms. The Morgan fingerprint density at radius 3 is 2.79 bits per heavy atom. The first kappa shape index (κ1) is 13.8. The summed E-state index contributed by atoms with van der Waals surface area (Å²) >= 11 is 0. The highest BCUT2D eigenvalue weighted by atomic mass is 16.5. The molecular weight excluding hydrogens is 246 g/mol. The second kappa shape index (κ2) is 5.99. The van der Waals surface area contributed by atoms with Gasteiger partial charge in [0.1, 0.15) is 5.76 Å². The Kier molecular flexibility index (Phi) is 4.34. The van der Waals surface area contributed by atoms with Crippen LogP contribution < -0.4 is 5.73 Å². The van der Waals surface area contributed by atoms with Gasteiger partial charge in [-0.15, -0.1) is 0 Å². The third kappa shape index (κ3) is 3.42. The predicted molar refractivity (Wildman–Crippen MR) is 69.4 cm³/mol. The molecule has 2 N–H and O–H groups in total. The van der Waals surface area contributed by atoms with Gasteiger partial charge >= 0.3 is 0 Å². The van der Waals surface area contributed by atoms with Crippen molar-refractivity contribution in [1.29, 1.82) is 0 Å². The van der Waals surface area contributed by atoms with Gasteiger partial charge in [0.15, 0.2) is 11.6 Å². The highest BCUT2D eigenvalue weighted by Gasteiger charge is 2.17. The van der Waals surface area contributed by atoms with Gasteiger partial charge in [0.25, 0.3) is 5.89 Å². The van der Waals surface area contributed by atoms with Crippen LogP contribution >= 0.6 is 0 Å². The van der Waals surface area contributed by atoms with Crippen LogP contribution in [0, 0.1) is 0 Å². The molecule has 104 valence electrons. The summed E-state index contributed by atoms with van der Waals surface area (Å²) in [5.41, 5.74) is 5.93. The van der Waals surface area contributed by atoms with E-state index in [0.717, 1.165) is 12.2 Å². The standard InChI is InChI=1S/C13H19N3O3/c1-4-9-5-6-11(18-9)13-15-12(16-19-13)10(14)7-17-8(2)3/h5-6,8,10H,4,7,14H2,1-3H3. The van der Waals surface area contributed by atoms with E-state index in [0.29, 0.717) is 24.1 Å². The zero-order valence-electron chi connectivity index (χ0n) is 11.4. The molecule has 0 fully saturated rings. The van der Waals surface area contributed by atoms with Crippen molar-refractivity contribution in [2.24, 2.45) is 5.73 Å². The predicted octanol–water partition coefficient (Wildman–Crippen LogP) is 2.32. The highest BCUT2D eigenvalue weighted by Crippen LogP contribution is 2.21. The molecule has 0 amide bonds. The van der Waals surface area contributed by atoms with Gasteiger partial charge in [0.2, 0.25) is 0 Å². The number of aromatic nitrogens is 2. The molecule has 2 aromatic rings. The average molecular weight is 265 g/mol. The lowest BCUT2D eigenvalue weighted by atomic mass is 10.3. The summed E-state index contributed by atoms with van der Waals surface area (Å²) in [4.78, 5) is 4.23. The van der Waals surface area contributed by atoms with Crippen LogP contribution in [0.1, 0.15) is 38.4 Å². The van der Waals surface area contributed by atoms with Gasteiger partial charge in [-0.3, -0.25) is 0 Å². The van der Waals surface area contributed by atoms with Gasteiger partial charge in [-0.2, -0.15) is 4.98 Å². The number of hydrogen-bond acceptors (Lipinski definition) is 6. The average Bonchev–Trinajstić information content (AvgIpc) is 3.03. The molecule has 2 heterocycles. The molecule has 0 aliphatic heterocycles. The first-order chi connectivity index (χ1) is 9.10. The van der Waals surface area contributed by atoms with Crippen LogP contribution in [0.3, 0.4) is 0 Å². The summed E-state index contributed by atoms with van der Waals surface area (Å²) in [7, 11) is 0. The minimum Gasteiger partial charge on any atom is -0.456 e. The Hall–Kier alpha value is -1.66. The van der Waals surface area contributed by atoms with Crippen molar-refractivity contribution in [2.75, 3.05) is 6.61 Å². The molecule has 0 bridgehead atoms. The topological polar surface area (TPSA) is 87.3 Å². The van der Waals surface area contributed by atoms with E-state index < -0.39 is 6.04 Å². The SMILES string of the molecule is CCc1ccc(-c2nc(C(N)COC(C)C)no2)o1. The molecule has 0 saturated carbocycles. The fourth-order valence-corrected chi connectivity index (χ4v) is 1.54. The van der Waals surface area contributed by atoms with E-state index in [4.69, 9.17) is 19.4 Å². The third-order valence-electron chi connectivity index (χ3n) is 2.60. The lowest BCUT2D eigenvalue weighted by Crippen LogP contribution is -2.20. The van der Waals surface area contributed by atoms with Gasteiger partial charge in [0.05, 0.1) is 18.8 Å². The summed E-state index contributed by atoms with van der Waals surface area (Å²) in [5, 5.41) is 3.85. The summed E-state index contributed by atoms with van der Waals surface area (Å²) in [5.74, 6) is 2.20. The van der Waals surface area contributed by atoms with Crippen molar-refractivity contribution in [1.82, 2.24) is 10.1 Å². The maximum Gasteiger partial charge on any atom is 0.293 e. The minimum absolute atomic E-state index is 0.120.